The molecule has 0 saturated heterocycles. The van der Waals surface area contributed by atoms with E-state index in [-0.39, 0.29) is 11.4 Å². The Kier molecular flexibility index (Phi) is 4.89. The van der Waals surface area contributed by atoms with Crippen LogP contribution in [0.1, 0.15) is 24.2 Å². The number of aryl methyl sites for hydroxylation is 1. The normalized spacial score (nSPS) is 11.8. The summed E-state index contributed by atoms with van der Waals surface area (Å²) in [6.45, 7) is 3.43. The molecule has 0 bridgehead atoms. The minimum atomic E-state index is -1.15. The van der Waals surface area contributed by atoms with Crippen LogP contribution in [0, 0.1) is 17.0 Å². The number of anilines is 1. The monoisotopic (exact) mass is 367 g/mol. The summed E-state index contributed by atoms with van der Waals surface area (Å²) in [5.41, 5.74) is 1.98. The molecule has 0 saturated carbocycles. The van der Waals surface area contributed by atoms with Gasteiger partial charge in [0.25, 0.3) is 5.69 Å². The summed E-state index contributed by atoms with van der Waals surface area (Å²) in [7, 11) is 0. The Labute approximate surface area is 154 Å². The molecular formula is C19H17N3O5. The Morgan fingerprint density at radius 3 is 2.37 bits per heavy atom. The van der Waals surface area contributed by atoms with Gasteiger partial charge >= 0.3 is 6.09 Å². The van der Waals surface area contributed by atoms with Gasteiger partial charge in [-0.25, -0.2) is 4.79 Å². The third-order valence-electron chi connectivity index (χ3n) is 4.29. The zero-order valence-electron chi connectivity index (χ0n) is 14.7. The number of hydrogen-bond donors (Lipinski definition) is 1. The molecule has 8 heteroatoms. The first kappa shape index (κ1) is 18.1. The zero-order valence-corrected chi connectivity index (χ0v) is 14.7. The van der Waals surface area contributed by atoms with Gasteiger partial charge < -0.3 is 9.63 Å². The topological polar surface area (TPSA) is 110 Å². The second kappa shape index (κ2) is 7.28. The number of amides is 1. The minimum absolute atomic E-state index is 0.0655. The lowest BCUT2D eigenvalue weighted by atomic mass is 10.0. The van der Waals surface area contributed by atoms with Crippen molar-refractivity contribution in [2.75, 3.05) is 4.90 Å². The molecule has 0 aliphatic rings. The Balaban J connectivity index is 2.08. The quantitative estimate of drug-likeness (QED) is 0.512. The number of hydrogen-bond acceptors (Lipinski definition) is 5. The first-order chi connectivity index (χ1) is 12.9. The molecule has 138 valence electrons. The molecule has 0 aliphatic carbocycles. The third kappa shape index (κ3) is 3.50. The molecular weight excluding hydrogens is 350 g/mol. The maximum Gasteiger partial charge on any atom is 0.412 e. The van der Waals surface area contributed by atoms with Crippen LogP contribution in [0.5, 0.6) is 0 Å². The number of carboxylic acid groups (broad SMARTS) is 1. The highest BCUT2D eigenvalue weighted by Gasteiger charge is 2.30. The molecule has 1 aromatic heterocycles. The van der Waals surface area contributed by atoms with Crippen LogP contribution in [0.4, 0.5) is 16.2 Å². The number of nitrogens with zero attached hydrogens (tertiary/aromatic N) is 3. The van der Waals surface area contributed by atoms with Crippen LogP contribution in [0.2, 0.25) is 0 Å². The standard InChI is InChI=1S/C19H17N3O5/c1-12-17(21(19(23)24)13(2)14-6-4-3-5-7-14)18(27-20-12)15-8-10-16(11-9-15)22(25)26/h3-11,13H,1-2H3,(H,23,24). The van der Waals surface area contributed by atoms with Crippen LogP contribution in [0.25, 0.3) is 11.3 Å². The summed E-state index contributed by atoms with van der Waals surface area (Å²) >= 11 is 0. The van der Waals surface area contributed by atoms with Crippen molar-refractivity contribution in [2.45, 2.75) is 19.9 Å². The summed E-state index contributed by atoms with van der Waals surface area (Å²) in [5, 5.41) is 24.6. The van der Waals surface area contributed by atoms with Crippen LogP contribution in [0.15, 0.2) is 59.1 Å². The molecule has 3 rings (SSSR count). The molecule has 0 aliphatic heterocycles. The van der Waals surface area contributed by atoms with E-state index in [2.05, 4.69) is 5.16 Å². The van der Waals surface area contributed by atoms with Crippen molar-refractivity contribution in [1.29, 1.82) is 0 Å². The van der Waals surface area contributed by atoms with Gasteiger partial charge in [0.15, 0.2) is 5.76 Å². The predicted octanol–water partition coefficient (Wildman–Crippen LogP) is 4.80. The first-order valence-electron chi connectivity index (χ1n) is 8.18. The SMILES string of the molecule is Cc1noc(-c2ccc([N+](=O)[O-])cc2)c1N(C(=O)O)C(C)c1ccccc1. The van der Waals surface area contributed by atoms with Gasteiger partial charge in [-0.15, -0.1) is 0 Å². The lowest BCUT2D eigenvalue weighted by Crippen LogP contribution is -2.32. The van der Waals surface area contributed by atoms with Gasteiger partial charge in [-0.2, -0.15) is 0 Å². The minimum Gasteiger partial charge on any atom is -0.465 e. The number of aromatic nitrogens is 1. The van der Waals surface area contributed by atoms with E-state index in [4.69, 9.17) is 4.52 Å². The number of nitro groups is 1. The van der Waals surface area contributed by atoms with Gasteiger partial charge in [-0.05, 0) is 31.5 Å². The number of carbonyl (C=O) groups is 1. The summed E-state index contributed by atoms with van der Waals surface area (Å²) in [4.78, 5) is 23.6. The van der Waals surface area contributed by atoms with E-state index in [1.807, 2.05) is 30.3 Å². The van der Waals surface area contributed by atoms with E-state index >= 15 is 0 Å². The molecule has 1 atom stereocenters. The van der Waals surface area contributed by atoms with Crippen LogP contribution in [-0.4, -0.2) is 21.3 Å². The maximum atomic E-state index is 12.1. The zero-order chi connectivity index (χ0) is 19.6. The van der Waals surface area contributed by atoms with E-state index in [1.165, 1.54) is 29.2 Å². The lowest BCUT2D eigenvalue weighted by molar-refractivity contribution is -0.384. The molecule has 3 aromatic rings. The van der Waals surface area contributed by atoms with Gasteiger partial charge in [0.05, 0.1) is 11.0 Å². The number of nitro benzene ring substituents is 1. The van der Waals surface area contributed by atoms with Gasteiger partial charge in [0.1, 0.15) is 11.4 Å². The number of rotatable bonds is 5. The highest BCUT2D eigenvalue weighted by atomic mass is 16.6. The average Bonchev–Trinajstić information content (AvgIpc) is 3.03. The van der Waals surface area contributed by atoms with Crippen molar-refractivity contribution in [3.8, 4) is 11.3 Å². The molecule has 8 nitrogen and oxygen atoms in total. The van der Waals surface area contributed by atoms with Crippen molar-refractivity contribution >= 4 is 17.5 Å². The molecule has 1 unspecified atom stereocenters. The molecule has 1 N–H and O–H groups in total. The van der Waals surface area contributed by atoms with Crippen molar-refractivity contribution in [3.63, 3.8) is 0 Å². The molecule has 1 amide bonds. The molecule has 0 spiro atoms. The first-order valence-corrected chi connectivity index (χ1v) is 8.18. The Hall–Kier alpha value is -3.68. The Morgan fingerprint density at radius 1 is 1.19 bits per heavy atom. The van der Waals surface area contributed by atoms with E-state index < -0.39 is 17.1 Å². The molecule has 0 fully saturated rings. The number of benzene rings is 2. The van der Waals surface area contributed by atoms with Crippen LogP contribution in [-0.2, 0) is 0 Å². The van der Waals surface area contributed by atoms with Crippen molar-refractivity contribution < 1.29 is 19.3 Å². The highest BCUT2D eigenvalue weighted by molar-refractivity contribution is 5.93. The van der Waals surface area contributed by atoms with Crippen LogP contribution >= 0.6 is 0 Å². The van der Waals surface area contributed by atoms with Gasteiger partial charge in [0.2, 0.25) is 0 Å². The van der Waals surface area contributed by atoms with Crippen molar-refractivity contribution in [1.82, 2.24) is 5.16 Å². The molecule has 2 aromatic carbocycles. The van der Waals surface area contributed by atoms with E-state index in [0.29, 0.717) is 16.9 Å². The second-order valence-corrected chi connectivity index (χ2v) is 5.99. The fourth-order valence-electron chi connectivity index (χ4n) is 2.91. The number of non-ortho nitro benzene ring substituents is 1. The predicted molar refractivity (Wildman–Crippen MR) is 98.7 cm³/mol. The van der Waals surface area contributed by atoms with Gasteiger partial charge in [-0.1, -0.05) is 35.5 Å². The van der Waals surface area contributed by atoms with Crippen molar-refractivity contribution in [2.24, 2.45) is 0 Å². The summed E-state index contributed by atoms with van der Waals surface area (Å²) in [5.74, 6) is 0.243. The fraction of sp³-hybridized carbons (Fsp3) is 0.158. The van der Waals surface area contributed by atoms with Gasteiger partial charge in [-0.3, -0.25) is 15.0 Å². The largest absolute Gasteiger partial charge is 0.465 e. The van der Waals surface area contributed by atoms with E-state index in [9.17, 15) is 20.0 Å². The highest BCUT2D eigenvalue weighted by Crippen LogP contribution is 2.38. The Morgan fingerprint density at radius 2 is 1.81 bits per heavy atom. The van der Waals surface area contributed by atoms with Crippen LogP contribution in [0.3, 0.4) is 0 Å². The van der Waals surface area contributed by atoms with Crippen LogP contribution < -0.4 is 4.90 Å². The molecule has 0 radical (unpaired) electrons. The summed E-state index contributed by atoms with van der Waals surface area (Å²) in [6, 6.07) is 14.4. The summed E-state index contributed by atoms with van der Waals surface area (Å²) < 4.78 is 5.37. The average molecular weight is 367 g/mol. The van der Waals surface area contributed by atoms with Gasteiger partial charge in [0, 0.05) is 17.7 Å². The van der Waals surface area contributed by atoms with E-state index in [1.54, 1.807) is 13.8 Å². The fourth-order valence-corrected chi connectivity index (χ4v) is 2.91. The Bertz CT molecular complexity index is 967. The van der Waals surface area contributed by atoms with E-state index in [0.717, 1.165) is 5.56 Å². The van der Waals surface area contributed by atoms with Crippen molar-refractivity contribution in [3.05, 3.63) is 76.0 Å². The molecule has 1 heterocycles. The third-order valence-corrected chi connectivity index (χ3v) is 4.29. The molecule has 27 heavy (non-hydrogen) atoms. The lowest BCUT2D eigenvalue weighted by Gasteiger charge is -2.26. The maximum absolute atomic E-state index is 12.1. The summed E-state index contributed by atoms with van der Waals surface area (Å²) in [6.07, 6.45) is -1.15. The smallest absolute Gasteiger partial charge is 0.412 e. The second-order valence-electron chi connectivity index (χ2n) is 5.99.